The van der Waals surface area contributed by atoms with Crippen molar-refractivity contribution in [3.05, 3.63) is 70.3 Å². The van der Waals surface area contributed by atoms with Crippen molar-refractivity contribution >= 4 is 34.4 Å². The molecule has 1 aliphatic rings. The number of carboxylic acids is 1. The van der Waals surface area contributed by atoms with Crippen LogP contribution in [0.15, 0.2) is 46.9 Å². The van der Waals surface area contributed by atoms with Crippen molar-refractivity contribution in [2.45, 2.75) is 18.2 Å². The molecule has 0 fully saturated rings. The smallest absolute Gasteiger partial charge is 0.307 e. The van der Waals surface area contributed by atoms with E-state index in [-0.39, 0.29) is 6.42 Å². The first-order valence-electron chi connectivity index (χ1n) is 7.85. The maximum Gasteiger partial charge on any atom is 0.307 e. The van der Waals surface area contributed by atoms with Gasteiger partial charge >= 0.3 is 5.97 Å². The highest BCUT2D eigenvalue weighted by Crippen LogP contribution is 2.44. The number of carboxylic acid groups (broad SMARTS) is 1. The van der Waals surface area contributed by atoms with Gasteiger partial charge in [0.1, 0.15) is 6.26 Å². The molecule has 0 saturated heterocycles. The van der Waals surface area contributed by atoms with E-state index in [0.717, 1.165) is 17.7 Å². The quantitative estimate of drug-likeness (QED) is 0.802. The molecule has 134 valence electrons. The van der Waals surface area contributed by atoms with Gasteiger partial charge in [-0.05, 0) is 94.0 Å². The summed E-state index contributed by atoms with van der Waals surface area (Å²) in [6.45, 7) is 1.75. The number of halogens is 2. The zero-order valence-corrected chi connectivity index (χ0v) is 15.0. The maximum atomic E-state index is 13.8. The van der Waals surface area contributed by atoms with Crippen molar-refractivity contribution < 1.29 is 23.2 Å². The van der Waals surface area contributed by atoms with Crippen molar-refractivity contribution in [2.75, 3.05) is 6.26 Å². The predicted molar refractivity (Wildman–Crippen MR) is 97.9 cm³/mol. The first kappa shape index (κ1) is 18.4. The van der Waals surface area contributed by atoms with E-state index in [0.29, 0.717) is 32.7 Å². The predicted octanol–water partition coefficient (Wildman–Crippen LogP) is 4.50. The summed E-state index contributed by atoms with van der Waals surface area (Å²) < 4.78 is 39.0. The fraction of sp³-hybridized carbons (Fsp3) is 0.150. The zero-order valence-electron chi connectivity index (χ0n) is 14.2. The first-order chi connectivity index (χ1) is 12.3. The summed E-state index contributed by atoms with van der Waals surface area (Å²) in [5, 5.41) is 9.15. The highest BCUT2D eigenvalue weighted by Gasteiger charge is 2.27. The third kappa shape index (κ3) is 3.43. The number of fused-ring (bicyclic) bond motifs is 1. The van der Waals surface area contributed by atoms with Gasteiger partial charge in [-0.3, -0.25) is 4.79 Å². The number of carbonyl (C=O) groups is 1. The second kappa shape index (κ2) is 7.05. The molecule has 0 spiro atoms. The second-order valence-corrected chi connectivity index (χ2v) is 7.45. The van der Waals surface area contributed by atoms with Crippen LogP contribution in [-0.2, 0) is 16.0 Å². The molecule has 2 aromatic carbocycles. The molecule has 0 radical (unpaired) electrons. The average Bonchev–Trinajstić information content (AvgIpc) is 2.81. The lowest BCUT2D eigenvalue weighted by Crippen LogP contribution is -1.98. The van der Waals surface area contributed by atoms with Crippen LogP contribution in [0.1, 0.15) is 30.0 Å². The minimum absolute atomic E-state index is 0.269. The summed E-state index contributed by atoms with van der Waals surface area (Å²) in [4.78, 5) is 11.9. The Balaban J connectivity index is 2.13. The maximum absolute atomic E-state index is 13.8. The molecule has 2 aromatic rings. The van der Waals surface area contributed by atoms with E-state index in [4.69, 9.17) is 5.11 Å². The van der Waals surface area contributed by atoms with Crippen LogP contribution in [0.3, 0.4) is 0 Å². The third-order valence-corrected chi connectivity index (χ3v) is 5.32. The molecular weight excluding hydrogens is 358 g/mol. The fourth-order valence-electron chi connectivity index (χ4n) is 3.07. The van der Waals surface area contributed by atoms with Gasteiger partial charge in [0.25, 0.3) is 0 Å². The summed E-state index contributed by atoms with van der Waals surface area (Å²) in [7, 11) is 0. The van der Waals surface area contributed by atoms with Gasteiger partial charge in [-0.25, -0.2) is 8.78 Å². The van der Waals surface area contributed by atoms with Crippen LogP contribution in [0.25, 0.3) is 17.2 Å². The van der Waals surface area contributed by atoms with Gasteiger partial charge in [0.05, 0.1) is 6.42 Å². The summed E-state index contributed by atoms with van der Waals surface area (Å²) >= 11 is -1.09. The Hall–Kier alpha value is -2.44. The Morgan fingerprint density at radius 3 is 2.27 bits per heavy atom. The molecule has 1 unspecified atom stereocenters. The lowest BCUT2D eigenvalue weighted by atomic mass is 10.0. The number of hydrogen-bond acceptors (Lipinski definition) is 2. The lowest BCUT2D eigenvalue weighted by Gasteiger charge is -2.07. The van der Waals surface area contributed by atoms with E-state index in [2.05, 4.69) is 0 Å². The van der Waals surface area contributed by atoms with Crippen molar-refractivity contribution in [3.63, 3.8) is 0 Å². The number of hydrogen-bond donors (Lipinski definition) is 1. The van der Waals surface area contributed by atoms with Gasteiger partial charge in [-0.15, -0.1) is 0 Å². The molecule has 1 aliphatic carbocycles. The first-order valence-corrected chi connectivity index (χ1v) is 9.40. The molecule has 1 N–H and O–H groups in total. The SMILES string of the molecule is CC1=C(CC(=O)O)c2cc(F)c(F)cc2/C1=C/c1ccc([S+](C)[O-])cc1. The monoisotopic (exact) mass is 374 g/mol. The molecule has 6 heteroatoms. The Kier molecular flexibility index (Phi) is 4.98. The van der Waals surface area contributed by atoms with Crippen molar-refractivity contribution in [1.29, 1.82) is 0 Å². The minimum Gasteiger partial charge on any atom is -0.612 e. The van der Waals surface area contributed by atoms with Gasteiger partial charge in [-0.1, -0.05) is 0 Å². The molecule has 1 atom stereocenters. The summed E-state index contributed by atoms with van der Waals surface area (Å²) in [5.74, 6) is -3.02. The molecule has 0 amide bonds. The Morgan fingerprint density at radius 2 is 1.73 bits per heavy atom. The Morgan fingerprint density at radius 1 is 1.15 bits per heavy atom. The third-order valence-electron chi connectivity index (χ3n) is 4.38. The molecule has 0 aromatic heterocycles. The highest BCUT2D eigenvalue weighted by molar-refractivity contribution is 7.90. The van der Waals surface area contributed by atoms with Gasteiger partial charge in [-0.2, -0.15) is 0 Å². The average molecular weight is 374 g/mol. The molecule has 0 saturated carbocycles. The van der Waals surface area contributed by atoms with Crippen molar-refractivity contribution in [2.24, 2.45) is 0 Å². The van der Waals surface area contributed by atoms with Crippen LogP contribution >= 0.6 is 0 Å². The van der Waals surface area contributed by atoms with Crippen molar-refractivity contribution in [3.8, 4) is 0 Å². The summed E-state index contributed by atoms with van der Waals surface area (Å²) in [6, 6.07) is 9.19. The molecule has 0 heterocycles. The van der Waals surface area contributed by atoms with Crippen LogP contribution in [0, 0.1) is 11.6 Å². The Bertz CT molecular complexity index is 944. The molecule has 26 heavy (non-hydrogen) atoms. The number of aliphatic carboxylic acids is 1. The van der Waals surface area contributed by atoms with Crippen LogP contribution < -0.4 is 0 Å². The summed E-state index contributed by atoms with van der Waals surface area (Å²) in [5.41, 5.74) is 3.47. The molecule has 3 nitrogen and oxygen atoms in total. The van der Waals surface area contributed by atoms with Crippen LogP contribution in [-0.4, -0.2) is 21.9 Å². The summed E-state index contributed by atoms with van der Waals surface area (Å²) in [6.07, 6.45) is 3.11. The highest BCUT2D eigenvalue weighted by atomic mass is 32.2. The van der Waals surface area contributed by atoms with Crippen LogP contribution in [0.4, 0.5) is 8.78 Å². The Labute approximate surface area is 152 Å². The van der Waals surface area contributed by atoms with E-state index in [1.807, 2.05) is 0 Å². The van der Waals surface area contributed by atoms with Crippen LogP contribution in [0.2, 0.25) is 0 Å². The molecule has 3 rings (SSSR count). The normalized spacial score (nSPS) is 16.1. The second-order valence-electron chi connectivity index (χ2n) is 6.07. The minimum atomic E-state index is -1.09. The van der Waals surface area contributed by atoms with E-state index in [1.54, 1.807) is 43.5 Å². The van der Waals surface area contributed by atoms with Gasteiger partial charge in [0.15, 0.2) is 16.5 Å². The van der Waals surface area contributed by atoms with E-state index in [9.17, 15) is 18.1 Å². The van der Waals surface area contributed by atoms with E-state index in [1.165, 1.54) is 0 Å². The number of benzene rings is 2. The standard InChI is InChI=1S/C20H16F2O3S/c1-11-14(7-12-3-5-13(6-4-12)26(2)25)16-8-18(21)19(22)9-17(16)15(11)10-20(23)24/h3-9H,10H2,1-2H3,(H,23,24)/b14-7+. The molecular formula is C20H16F2O3S. The van der Waals surface area contributed by atoms with E-state index >= 15 is 0 Å². The topological polar surface area (TPSA) is 60.4 Å². The van der Waals surface area contributed by atoms with E-state index < -0.39 is 28.8 Å². The number of rotatable bonds is 4. The van der Waals surface area contributed by atoms with Gasteiger partial charge in [0.2, 0.25) is 0 Å². The molecule has 0 bridgehead atoms. The number of allylic oxidation sites excluding steroid dienone is 2. The fourth-order valence-corrected chi connectivity index (χ4v) is 3.59. The van der Waals surface area contributed by atoms with Gasteiger partial charge < -0.3 is 9.66 Å². The zero-order chi connectivity index (χ0) is 19.0. The lowest BCUT2D eigenvalue weighted by molar-refractivity contribution is -0.135. The van der Waals surface area contributed by atoms with Gasteiger partial charge in [0, 0.05) is 0 Å². The molecule has 0 aliphatic heterocycles. The van der Waals surface area contributed by atoms with Crippen molar-refractivity contribution in [1.82, 2.24) is 0 Å². The largest absolute Gasteiger partial charge is 0.612 e. The van der Waals surface area contributed by atoms with Crippen LogP contribution in [0.5, 0.6) is 0 Å².